The molecular weight excluding hydrogens is 308 g/mol. The smallest absolute Gasteiger partial charge is 0.408 e. The van der Waals surface area contributed by atoms with Gasteiger partial charge in [0, 0.05) is 19.7 Å². The summed E-state index contributed by atoms with van der Waals surface area (Å²) in [4.78, 5) is 27.1. The molecule has 24 heavy (non-hydrogen) atoms. The van der Waals surface area contributed by atoms with Gasteiger partial charge in [0.05, 0.1) is 6.10 Å². The van der Waals surface area contributed by atoms with Crippen molar-refractivity contribution >= 4 is 12.0 Å². The topological polar surface area (TPSA) is 67.9 Å². The van der Waals surface area contributed by atoms with Crippen LogP contribution in [0.4, 0.5) is 4.79 Å². The highest BCUT2D eigenvalue weighted by atomic mass is 16.6. The van der Waals surface area contributed by atoms with E-state index in [9.17, 15) is 9.59 Å². The Bertz CT molecular complexity index is 443. The molecule has 0 radical (unpaired) electrons. The molecule has 0 bridgehead atoms. The number of alkyl carbamates (subject to hydrolysis) is 1. The Morgan fingerprint density at radius 1 is 1.29 bits per heavy atom. The Morgan fingerprint density at radius 2 is 2.00 bits per heavy atom. The molecule has 6 heteroatoms. The van der Waals surface area contributed by atoms with E-state index in [1.165, 1.54) is 0 Å². The van der Waals surface area contributed by atoms with Gasteiger partial charge in [-0.1, -0.05) is 13.3 Å². The van der Waals surface area contributed by atoms with Crippen LogP contribution in [0.2, 0.25) is 0 Å². The minimum Gasteiger partial charge on any atom is -0.444 e. The van der Waals surface area contributed by atoms with Gasteiger partial charge in [0.2, 0.25) is 5.91 Å². The van der Waals surface area contributed by atoms with E-state index in [0.717, 1.165) is 32.1 Å². The van der Waals surface area contributed by atoms with Gasteiger partial charge in [-0.15, -0.1) is 0 Å². The van der Waals surface area contributed by atoms with Gasteiger partial charge in [0.15, 0.2) is 0 Å². The molecule has 0 spiro atoms. The summed E-state index contributed by atoms with van der Waals surface area (Å²) >= 11 is 0. The molecule has 2 fully saturated rings. The van der Waals surface area contributed by atoms with Crippen LogP contribution in [0.15, 0.2) is 0 Å². The Morgan fingerprint density at radius 3 is 2.54 bits per heavy atom. The normalized spacial score (nSPS) is 23.8. The third-order valence-corrected chi connectivity index (χ3v) is 4.68. The second kappa shape index (κ2) is 8.19. The zero-order valence-electron chi connectivity index (χ0n) is 15.5. The molecule has 1 saturated heterocycles. The molecule has 0 aromatic carbocycles. The average molecular weight is 340 g/mol. The average Bonchev–Trinajstić information content (AvgIpc) is 2.67. The van der Waals surface area contributed by atoms with Gasteiger partial charge in [-0.2, -0.15) is 0 Å². The summed E-state index contributed by atoms with van der Waals surface area (Å²) in [5.41, 5.74) is -0.568. The van der Waals surface area contributed by atoms with Crippen LogP contribution in [0, 0.1) is 5.92 Å². The number of ether oxygens (including phenoxy) is 2. The Balaban J connectivity index is 2.03. The summed E-state index contributed by atoms with van der Waals surface area (Å²) in [5, 5.41) is 2.83. The van der Waals surface area contributed by atoms with Gasteiger partial charge < -0.3 is 19.7 Å². The van der Waals surface area contributed by atoms with E-state index in [0.29, 0.717) is 19.7 Å². The lowest BCUT2D eigenvalue weighted by Gasteiger charge is -2.37. The Kier molecular flexibility index (Phi) is 6.49. The summed E-state index contributed by atoms with van der Waals surface area (Å²) in [6.45, 7) is 9.53. The first-order chi connectivity index (χ1) is 11.3. The standard InChI is InChI=1S/C18H32N2O4/c1-5-14-12-20(10-7-11-23-14)16(21)15(13-8-6-9-13)19-17(22)24-18(2,3)4/h13-15H,5-12H2,1-4H3,(H,19,22). The van der Waals surface area contributed by atoms with E-state index < -0.39 is 17.7 Å². The van der Waals surface area contributed by atoms with Gasteiger partial charge in [0.25, 0.3) is 0 Å². The minimum absolute atomic E-state index is 0.00880. The molecule has 2 atom stereocenters. The fourth-order valence-electron chi connectivity index (χ4n) is 3.13. The molecule has 138 valence electrons. The second-order valence-electron chi connectivity index (χ2n) is 7.85. The summed E-state index contributed by atoms with van der Waals surface area (Å²) < 4.78 is 11.1. The van der Waals surface area contributed by atoms with E-state index in [4.69, 9.17) is 9.47 Å². The molecule has 2 rings (SSSR count). The van der Waals surface area contributed by atoms with Crippen LogP contribution >= 0.6 is 0 Å². The second-order valence-corrected chi connectivity index (χ2v) is 7.85. The molecule has 0 aromatic rings. The van der Waals surface area contributed by atoms with Crippen molar-refractivity contribution in [3.63, 3.8) is 0 Å². The number of nitrogens with one attached hydrogen (secondary N) is 1. The SMILES string of the molecule is CCC1CN(C(=O)C(NC(=O)OC(C)(C)C)C2CCC2)CCCO1. The lowest BCUT2D eigenvalue weighted by Crippen LogP contribution is -2.55. The molecular formula is C18H32N2O4. The van der Waals surface area contributed by atoms with E-state index in [1.807, 2.05) is 25.7 Å². The summed E-state index contributed by atoms with van der Waals surface area (Å²) in [7, 11) is 0. The van der Waals surface area contributed by atoms with E-state index in [-0.39, 0.29) is 17.9 Å². The molecule has 1 aliphatic carbocycles. The van der Waals surface area contributed by atoms with Gasteiger partial charge in [-0.25, -0.2) is 4.79 Å². The molecule has 2 aliphatic rings. The zero-order chi connectivity index (χ0) is 17.7. The number of carbonyl (C=O) groups is 2. The summed E-state index contributed by atoms with van der Waals surface area (Å²) in [6, 6.07) is -0.482. The lowest BCUT2D eigenvalue weighted by molar-refractivity contribution is -0.136. The predicted octanol–water partition coefficient (Wildman–Crippen LogP) is 2.71. The summed E-state index contributed by atoms with van der Waals surface area (Å²) in [5.74, 6) is 0.226. The van der Waals surface area contributed by atoms with Crippen LogP contribution in [0.3, 0.4) is 0 Å². The van der Waals surface area contributed by atoms with Crippen LogP contribution in [0.5, 0.6) is 0 Å². The van der Waals surface area contributed by atoms with Crippen molar-refractivity contribution in [2.75, 3.05) is 19.7 Å². The molecule has 1 heterocycles. The quantitative estimate of drug-likeness (QED) is 0.854. The van der Waals surface area contributed by atoms with E-state index >= 15 is 0 Å². The molecule has 1 aliphatic heterocycles. The number of carbonyl (C=O) groups excluding carboxylic acids is 2. The third-order valence-electron chi connectivity index (χ3n) is 4.68. The first-order valence-corrected chi connectivity index (χ1v) is 9.20. The molecule has 1 saturated carbocycles. The maximum absolute atomic E-state index is 13.0. The Hall–Kier alpha value is -1.30. The third kappa shape index (κ3) is 5.36. The van der Waals surface area contributed by atoms with Crippen LogP contribution < -0.4 is 5.32 Å². The fourth-order valence-corrected chi connectivity index (χ4v) is 3.13. The summed E-state index contributed by atoms with van der Waals surface area (Å²) in [6.07, 6.45) is 4.38. The molecule has 6 nitrogen and oxygen atoms in total. The maximum Gasteiger partial charge on any atom is 0.408 e. The Labute approximate surface area is 145 Å². The zero-order valence-corrected chi connectivity index (χ0v) is 15.5. The molecule has 1 N–H and O–H groups in total. The van der Waals surface area contributed by atoms with Crippen LogP contribution in [0.25, 0.3) is 0 Å². The first-order valence-electron chi connectivity index (χ1n) is 9.20. The molecule has 0 aromatic heterocycles. The number of hydrogen-bond acceptors (Lipinski definition) is 4. The minimum atomic E-state index is -0.568. The number of rotatable bonds is 4. The van der Waals surface area contributed by atoms with Gasteiger partial charge >= 0.3 is 6.09 Å². The highest BCUT2D eigenvalue weighted by Crippen LogP contribution is 2.31. The van der Waals surface area contributed by atoms with Crippen molar-refractivity contribution in [1.29, 1.82) is 0 Å². The monoisotopic (exact) mass is 340 g/mol. The van der Waals surface area contributed by atoms with Crippen molar-refractivity contribution in [3.05, 3.63) is 0 Å². The number of hydrogen-bond donors (Lipinski definition) is 1. The highest BCUT2D eigenvalue weighted by molar-refractivity contribution is 5.86. The number of nitrogens with zero attached hydrogens (tertiary/aromatic N) is 1. The van der Waals surface area contributed by atoms with Crippen molar-refractivity contribution in [3.8, 4) is 0 Å². The van der Waals surface area contributed by atoms with Crippen molar-refractivity contribution in [2.24, 2.45) is 5.92 Å². The van der Waals surface area contributed by atoms with Crippen LogP contribution in [-0.2, 0) is 14.3 Å². The van der Waals surface area contributed by atoms with Crippen molar-refractivity contribution in [1.82, 2.24) is 10.2 Å². The van der Waals surface area contributed by atoms with Crippen molar-refractivity contribution < 1.29 is 19.1 Å². The highest BCUT2D eigenvalue weighted by Gasteiger charge is 2.38. The fraction of sp³-hybridized carbons (Fsp3) is 0.889. The first kappa shape index (κ1) is 19.0. The molecule has 2 amide bonds. The lowest BCUT2D eigenvalue weighted by atomic mass is 9.79. The van der Waals surface area contributed by atoms with E-state index in [2.05, 4.69) is 12.2 Å². The van der Waals surface area contributed by atoms with Crippen LogP contribution in [-0.4, -0.2) is 54.3 Å². The van der Waals surface area contributed by atoms with Crippen LogP contribution in [0.1, 0.15) is 59.8 Å². The molecule has 2 unspecified atom stereocenters. The number of amides is 2. The maximum atomic E-state index is 13.0. The largest absolute Gasteiger partial charge is 0.444 e. The van der Waals surface area contributed by atoms with Crippen molar-refractivity contribution in [2.45, 2.75) is 77.5 Å². The van der Waals surface area contributed by atoms with E-state index in [1.54, 1.807) is 0 Å². The van der Waals surface area contributed by atoms with Gasteiger partial charge in [-0.05, 0) is 52.4 Å². The predicted molar refractivity (Wildman–Crippen MR) is 91.7 cm³/mol. The van der Waals surface area contributed by atoms with Gasteiger partial charge in [-0.3, -0.25) is 4.79 Å². The van der Waals surface area contributed by atoms with Gasteiger partial charge in [0.1, 0.15) is 11.6 Å².